The number of carbonyl (C=O) groups is 6. The van der Waals surface area contributed by atoms with E-state index in [1.54, 1.807) is 26.0 Å². The molecule has 1 saturated carbocycles. The Balaban J connectivity index is 0.000000271. The van der Waals surface area contributed by atoms with Crippen molar-refractivity contribution in [3.63, 3.8) is 0 Å². The summed E-state index contributed by atoms with van der Waals surface area (Å²) in [6.45, 7) is 6.73. The zero-order valence-corrected chi connectivity index (χ0v) is 44.6. The average Bonchev–Trinajstić information content (AvgIpc) is 4.20. The molecule has 0 radical (unpaired) electrons. The molecule has 395 valence electrons. The van der Waals surface area contributed by atoms with E-state index in [-0.39, 0.29) is 69.2 Å². The molecule has 4 saturated heterocycles. The first-order valence-corrected chi connectivity index (χ1v) is 30.5. The van der Waals surface area contributed by atoms with Crippen molar-refractivity contribution < 1.29 is 105 Å². The molecule has 10 N–H and O–H groups in total. The number of nitrogens with zero attached hydrogens (tertiary/aromatic N) is 7. The number of halogens is 3. The Morgan fingerprint density at radius 2 is 1.41 bits per heavy atom. The topological polar surface area (TPSA) is 372 Å². The van der Waals surface area contributed by atoms with Gasteiger partial charge in [0.25, 0.3) is 11.8 Å². The molecular weight excluding hydrogens is 1230 g/mol. The van der Waals surface area contributed by atoms with Gasteiger partial charge < -0.3 is 78.1 Å². The van der Waals surface area contributed by atoms with E-state index in [4.69, 9.17) is 39.9 Å². The fourth-order valence-corrected chi connectivity index (χ4v) is 7.62. The molecule has 30 heteroatoms. The number of aliphatic hydroxyl groups is 3. The number of hydrogen-bond acceptors (Lipinski definition) is 20. The van der Waals surface area contributed by atoms with Gasteiger partial charge in [0.2, 0.25) is 11.6 Å². The number of carbonyl (C=O) groups excluding carboxylic acids is 6. The van der Waals surface area contributed by atoms with E-state index in [2.05, 4.69) is 70.6 Å². The molecule has 71 heavy (non-hydrogen) atoms. The van der Waals surface area contributed by atoms with Crippen molar-refractivity contribution >= 4 is 75.9 Å². The van der Waals surface area contributed by atoms with Crippen LogP contribution in [0.5, 0.6) is 0 Å². The predicted molar refractivity (Wildman–Crippen MR) is 251 cm³/mol. The van der Waals surface area contributed by atoms with Crippen LogP contribution in [0, 0.1) is 11.8 Å². The Kier molecular flexibility index (Phi) is 24.4. The molecular formula is C41H59ClI2N10O16V. The van der Waals surface area contributed by atoms with Crippen LogP contribution in [0.1, 0.15) is 100 Å². The van der Waals surface area contributed by atoms with Crippen LogP contribution < -0.4 is 29.6 Å². The molecule has 5 fully saturated rings. The Morgan fingerprint density at radius 3 is 1.92 bits per heavy atom. The van der Waals surface area contributed by atoms with Crippen molar-refractivity contribution in [1.82, 2.24) is 34.4 Å². The van der Waals surface area contributed by atoms with Gasteiger partial charge in [-0.2, -0.15) is 4.90 Å². The van der Waals surface area contributed by atoms with Crippen LogP contribution in [-0.2, 0) is 58.8 Å². The molecule has 2 aromatic heterocycles. The molecule has 5 aliphatic rings. The SMILES string of the molecule is C.CC(C)[C@H]([NH3+])C(=O)OC[C@@H]1O[C@H](n2cnc(C(N)=O)n2)[C@@H](O)[C@H]1O.CC(C)[C@H]1C(=O)OC(=O)N1C(=O)OCc1ccccc1.NC(=O)c1ncn([C@H]2O[C@@H](CO)[C@@H]3OC4(CCCC4)O[C@@H]32)n1.[Cl-].[I][V][I]. The van der Waals surface area contributed by atoms with Gasteiger partial charge in [-0.1, -0.05) is 65.5 Å². The molecule has 1 spiro atoms. The zero-order chi connectivity index (χ0) is 50.7. The molecule has 1 aromatic carbocycles. The van der Waals surface area contributed by atoms with Crippen LogP contribution in [0.2, 0.25) is 0 Å². The van der Waals surface area contributed by atoms with Gasteiger partial charge in [-0.05, 0) is 24.3 Å². The number of cyclic esters (lactones) is 2. The van der Waals surface area contributed by atoms with Crippen molar-refractivity contribution in [2.75, 3.05) is 13.2 Å². The monoisotopic (exact) mass is 1290 g/mol. The molecule has 0 bridgehead atoms. The van der Waals surface area contributed by atoms with Crippen molar-refractivity contribution in [2.24, 2.45) is 23.3 Å². The summed E-state index contributed by atoms with van der Waals surface area (Å²) < 4.78 is 40.5. The maximum absolute atomic E-state index is 11.9. The van der Waals surface area contributed by atoms with Gasteiger partial charge >= 0.3 is 73.5 Å². The zero-order valence-electron chi connectivity index (χ0n) is 38.1. The van der Waals surface area contributed by atoms with E-state index in [0.717, 1.165) is 47.2 Å². The first-order valence-electron chi connectivity index (χ1n) is 21.5. The molecule has 8 rings (SSSR count). The van der Waals surface area contributed by atoms with Crippen LogP contribution in [-0.4, -0.2) is 153 Å². The second-order valence-corrected chi connectivity index (χ2v) is 28.5. The minimum absolute atomic E-state index is 0. The van der Waals surface area contributed by atoms with Crippen LogP contribution in [0.25, 0.3) is 0 Å². The summed E-state index contributed by atoms with van der Waals surface area (Å²) in [7, 11) is 0.628. The van der Waals surface area contributed by atoms with Gasteiger partial charge in [0.1, 0.15) is 68.5 Å². The third-order valence-corrected chi connectivity index (χ3v) is 11.3. The van der Waals surface area contributed by atoms with E-state index in [9.17, 15) is 44.1 Å². The predicted octanol–water partition coefficient (Wildman–Crippen LogP) is -2.14. The fourth-order valence-electron chi connectivity index (χ4n) is 7.62. The number of primary amides is 2. The van der Waals surface area contributed by atoms with Crippen LogP contribution >= 0.6 is 40.0 Å². The van der Waals surface area contributed by atoms with Crippen LogP contribution in [0.3, 0.4) is 0 Å². The standard InChI is InChI=1S/C14H15NO5.C13H21N5O6.C13H18N4O5.CH4.ClH.2HI.V/c1-9(2)11-12(16)20-14(18)15(11)13(17)19-8-10-6-4-3-5-7-10;1-5(2)7(14)13(22)23-3-6-8(19)9(20)12(24-6)18-4-16-11(17-18)10(15)21;14-10(19)11-15-6-17(16-11)12-9-8(7(5-18)20-12)21-13(22-9)3-1-2-4-13;;;;;/h3-7,9,11H,8H2,1-2H3;4-9,12,19-20H,3,14H2,1-2H3,(H2,15,21);6-9,12,18H,1-5H2,(H2,14,19);1H4;3*1H;/q;;;;;;;+2/p-2/t11-;6-,7-,8-,9-,12-;7-,8-,9-,12-;;;;;/m000...../s1. The maximum atomic E-state index is 11.9. The summed E-state index contributed by atoms with van der Waals surface area (Å²) in [4.78, 5) is 77.2. The van der Waals surface area contributed by atoms with E-state index in [1.807, 2.05) is 32.0 Å². The summed E-state index contributed by atoms with van der Waals surface area (Å²) in [6.07, 6.45) is -2.01. The van der Waals surface area contributed by atoms with Gasteiger partial charge in [-0.25, -0.2) is 38.5 Å². The first-order chi connectivity index (χ1) is 32.8. The van der Waals surface area contributed by atoms with E-state index in [1.165, 1.54) is 11.0 Å². The number of imide groups is 1. The van der Waals surface area contributed by atoms with Crippen LogP contribution in [0.4, 0.5) is 9.59 Å². The number of aliphatic hydroxyl groups excluding tert-OH is 3. The number of benzene rings is 1. The van der Waals surface area contributed by atoms with Crippen molar-refractivity contribution in [3.05, 3.63) is 60.2 Å². The molecule has 26 nitrogen and oxygen atoms in total. The Bertz CT molecular complexity index is 2250. The normalized spacial score (nSPS) is 26.0. The van der Waals surface area contributed by atoms with E-state index >= 15 is 0 Å². The van der Waals surface area contributed by atoms with Crippen LogP contribution in [0.15, 0.2) is 43.0 Å². The third kappa shape index (κ3) is 15.4. The van der Waals surface area contributed by atoms with Gasteiger partial charge in [-0.15, -0.1) is 10.2 Å². The number of ether oxygens (including phenoxy) is 7. The van der Waals surface area contributed by atoms with Gasteiger partial charge in [0.15, 0.2) is 24.3 Å². The summed E-state index contributed by atoms with van der Waals surface area (Å²) in [5.41, 5.74) is 14.7. The fraction of sp³-hybridized carbons (Fsp3) is 0.610. The van der Waals surface area contributed by atoms with Crippen molar-refractivity contribution in [2.45, 2.75) is 134 Å². The Hall–Kier alpha value is -3.67. The molecule has 3 aromatic rings. The Morgan fingerprint density at radius 1 is 0.873 bits per heavy atom. The molecule has 10 atom stereocenters. The molecule has 0 unspecified atom stereocenters. The second-order valence-electron chi connectivity index (χ2n) is 16.7. The number of nitrogens with two attached hydrogens (primary N) is 2. The molecule has 4 aliphatic heterocycles. The number of quaternary nitrogens is 1. The second kappa shape index (κ2) is 28.1. The molecule has 4 amide bonds. The number of fused-ring (bicyclic) bond motifs is 1. The minimum atomic E-state index is -1.34. The summed E-state index contributed by atoms with van der Waals surface area (Å²) in [5.74, 6) is -3.90. The van der Waals surface area contributed by atoms with Gasteiger partial charge in [0, 0.05) is 18.8 Å². The summed E-state index contributed by atoms with van der Waals surface area (Å²) in [6, 6.07) is 7.59. The number of aromatic nitrogens is 6. The van der Waals surface area contributed by atoms with Crippen molar-refractivity contribution in [1.29, 1.82) is 0 Å². The number of hydrogen-bond donors (Lipinski definition) is 6. The van der Waals surface area contributed by atoms with Crippen molar-refractivity contribution in [3.8, 4) is 0 Å². The number of rotatable bonds is 12. The quantitative estimate of drug-likeness (QED) is 0.0488. The third-order valence-electron chi connectivity index (χ3n) is 11.3. The van der Waals surface area contributed by atoms with E-state index in [0.29, 0.717) is 9.47 Å². The average molecular weight is 1290 g/mol. The summed E-state index contributed by atoms with van der Waals surface area (Å²) in [5, 5.41) is 37.4. The number of esters is 2. The van der Waals surface area contributed by atoms with E-state index < -0.39 is 96.8 Å². The molecule has 1 aliphatic carbocycles. The Labute approximate surface area is 443 Å². The molecule has 6 heterocycles. The van der Waals surface area contributed by atoms with Gasteiger partial charge in [0.05, 0.1) is 6.61 Å². The number of amides is 4. The first kappa shape index (κ1) is 61.6. The summed E-state index contributed by atoms with van der Waals surface area (Å²) >= 11 is 4.74. The van der Waals surface area contributed by atoms with Gasteiger partial charge in [-0.3, -0.25) is 9.59 Å².